The van der Waals surface area contributed by atoms with Gasteiger partial charge in [-0.3, -0.25) is 4.79 Å². The Kier molecular flexibility index (Phi) is 8.46. The first-order valence-corrected chi connectivity index (χ1v) is 10.4. The van der Waals surface area contributed by atoms with Crippen molar-refractivity contribution < 1.29 is 83.5 Å². The predicted molar refractivity (Wildman–Crippen MR) is 90.3 cm³/mol. The molecule has 38 heavy (non-hydrogen) atoms. The standard InChI is InChI=1S/C16H10F16N2O3S/c17-8(18)10(19,20)12(23,24)14(27,28)16(31,32)15(29,30)13(25,26)11(21,22)9(35)34-5-6-1-3-7(4-2-6)38(33,36)37/h1-4,8H,5H2,(H,34,35)(H2,33,36,37). The molecular formula is C16H10F16N2O3S. The second-order valence-electron chi connectivity index (χ2n) is 7.24. The molecule has 1 rings (SSSR count). The average molecular weight is 614 g/mol. The maximum Gasteiger partial charge on any atom is 0.392 e. The topological polar surface area (TPSA) is 89.3 Å². The SMILES string of the molecule is NS(=O)(=O)c1ccc(CNC(=O)C(F)(F)C(F)(F)C(F)(F)C(F)(F)C(F)(F)C(F)(F)C(F)(F)C(F)F)cc1. The first-order chi connectivity index (χ1) is 16.5. The number of primary sulfonamides is 1. The number of rotatable bonds is 11. The summed E-state index contributed by atoms with van der Waals surface area (Å²) in [6.07, 6.45) is -5.96. The van der Waals surface area contributed by atoms with Crippen LogP contribution in [-0.2, 0) is 21.4 Å². The molecule has 0 bridgehead atoms. The number of carbonyl (C=O) groups is 1. The molecule has 0 fully saturated rings. The molecule has 0 aliphatic carbocycles. The Morgan fingerprint density at radius 3 is 1.45 bits per heavy atom. The summed E-state index contributed by atoms with van der Waals surface area (Å²) in [6.45, 7) is -1.38. The molecule has 3 N–H and O–H groups in total. The van der Waals surface area contributed by atoms with Gasteiger partial charge in [0.1, 0.15) is 0 Å². The van der Waals surface area contributed by atoms with Crippen LogP contribution < -0.4 is 10.5 Å². The van der Waals surface area contributed by atoms with Gasteiger partial charge in [-0.25, -0.2) is 22.3 Å². The Labute approximate surface area is 200 Å². The number of amides is 1. The summed E-state index contributed by atoms with van der Waals surface area (Å²) in [5, 5.41) is 5.47. The molecule has 0 spiro atoms. The number of sulfonamides is 1. The van der Waals surface area contributed by atoms with E-state index < -0.39 is 80.8 Å². The fraction of sp³-hybridized carbons (Fsp3) is 0.562. The van der Waals surface area contributed by atoms with Crippen LogP contribution in [0.4, 0.5) is 70.2 Å². The van der Waals surface area contributed by atoms with Crippen molar-refractivity contribution in [1.29, 1.82) is 0 Å². The van der Waals surface area contributed by atoms with Crippen molar-refractivity contribution in [2.45, 2.75) is 59.3 Å². The highest BCUT2D eigenvalue weighted by Crippen LogP contribution is 2.62. The minimum absolute atomic E-state index is 0.470. The number of benzene rings is 1. The van der Waals surface area contributed by atoms with Crippen LogP contribution in [0.5, 0.6) is 0 Å². The van der Waals surface area contributed by atoms with Crippen molar-refractivity contribution in [2.24, 2.45) is 5.14 Å². The smallest absolute Gasteiger partial charge is 0.347 e. The fourth-order valence-electron chi connectivity index (χ4n) is 2.37. The first kappa shape index (κ1) is 33.5. The third-order valence-electron chi connectivity index (χ3n) is 4.65. The van der Waals surface area contributed by atoms with Crippen molar-refractivity contribution in [2.75, 3.05) is 0 Å². The molecule has 0 saturated carbocycles. The number of hydrogen-bond donors (Lipinski definition) is 2. The van der Waals surface area contributed by atoms with Crippen LogP contribution in [0, 0.1) is 0 Å². The van der Waals surface area contributed by atoms with Gasteiger partial charge in [0.05, 0.1) is 4.90 Å². The van der Waals surface area contributed by atoms with Gasteiger partial charge in [-0.15, -0.1) is 0 Å². The summed E-state index contributed by atoms with van der Waals surface area (Å²) >= 11 is 0. The molecule has 0 unspecified atom stereocenters. The quantitative estimate of drug-likeness (QED) is 0.356. The van der Waals surface area contributed by atoms with Crippen molar-refractivity contribution in [3.8, 4) is 0 Å². The van der Waals surface area contributed by atoms with Gasteiger partial charge in [0.2, 0.25) is 10.0 Å². The van der Waals surface area contributed by atoms with Gasteiger partial charge in [-0.05, 0) is 17.7 Å². The molecule has 1 amide bonds. The highest BCUT2D eigenvalue weighted by molar-refractivity contribution is 7.89. The van der Waals surface area contributed by atoms with E-state index in [4.69, 9.17) is 5.14 Å². The number of hydrogen-bond acceptors (Lipinski definition) is 3. The van der Waals surface area contributed by atoms with E-state index in [1.807, 2.05) is 0 Å². The first-order valence-electron chi connectivity index (χ1n) is 8.88. The van der Waals surface area contributed by atoms with Crippen LogP contribution in [-0.4, -0.2) is 62.2 Å². The molecule has 220 valence electrons. The van der Waals surface area contributed by atoms with E-state index in [1.165, 1.54) is 0 Å². The third-order valence-corrected chi connectivity index (χ3v) is 5.58. The lowest BCUT2D eigenvalue weighted by Gasteiger charge is -2.42. The molecule has 0 aliphatic rings. The second kappa shape index (κ2) is 9.59. The van der Waals surface area contributed by atoms with E-state index in [-0.39, 0.29) is 0 Å². The lowest BCUT2D eigenvalue weighted by molar-refractivity contribution is -0.443. The van der Waals surface area contributed by atoms with Crippen LogP contribution >= 0.6 is 0 Å². The number of carbonyl (C=O) groups excluding carboxylic acids is 1. The molecule has 1 aromatic carbocycles. The van der Waals surface area contributed by atoms with Crippen LogP contribution in [0.15, 0.2) is 29.2 Å². The Hall–Kier alpha value is -2.52. The summed E-state index contributed by atoms with van der Waals surface area (Å²) in [4.78, 5) is 10.8. The van der Waals surface area contributed by atoms with Crippen molar-refractivity contribution in [3.63, 3.8) is 0 Å². The number of nitrogens with one attached hydrogen (secondary N) is 1. The second-order valence-corrected chi connectivity index (χ2v) is 8.80. The normalized spacial score (nSPS) is 15.1. The van der Waals surface area contributed by atoms with E-state index in [2.05, 4.69) is 0 Å². The Morgan fingerprint density at radius 2 is 1.08 bits per heavy atom. The van der Waals surface area contributed by atoms with Gasteiger partial charge in [-0.2, -0.15) is 61.5 Å². The molecule has 0 saturated heterocycles. The monoisotopic (exact) mass is 614 g/mol. The molecule has 0 aliphatic heterocycles. The Balaban J connectivity index is 3.37. The Morgan fingerprint density at radius 1 is 0.711 bits per heavy atom. The Bertz CT molecular complexity index is 1140. The predicted octanol–water partition coefficient (Wildman–Crippen LogP) is 4.66. The van der Waals surface area contributed by atoms with E-state index >= 15 is 0 Å². The zero-order valence-corrected chi connectivity index (χ0v) is 18.2. The summed E-state index contributed by atoms with van der Waals surface area (Å²) < 4.78 is 235. The lowest BCUT2D eigenvalue weighted by Crippen LogP contribution is -2.74. The van der Waals surface area contributed by atoms with Gasteiger partial charge in [0, 0.05) is 6.54 Å². The molecule has 22 heteroatoms. The third kappa shape index (κ3) is 4.95. The molecule has 0 aromatic heterocycles. The molecule has 0 heterocycles. The highest BCUT2D eigenvalue weighted by atomic mass is 32.2. The molecular weight excluding hydrogens is 604 g/mol. The average Bonchev–Trinajstić information content (AvgIpc) is 2.75. The van der Waals surface area contributed by atoms with E-state index in [0.29, 0.717) is 24.3 Å². The molecule has 0 radical (unpaired) electrons. The van der Waals surface area contributed by atoms with Gasteiger partial charge in [0.15, 0.2) is 0 Å². The summed E-state index contributed by atoms with van der Waals surface area (Å²) in [5.74, 6) is -60.3. The summed E-state index contributed by atoms with van der Waals surface area (Å²) in [5.41, 5.74) is -0.470. The van der Waals surface area contributed by atoms with E-state index in [1.54, 1.807) is 0 Å². The van der Waals surface area contributed by atoms with Crippen molar-refractivity contribution >= 4 is 15.9 Å². The number of nitrogens with two attached hydrogens (primary N) is 1. The van der Waals surface area contributed by atoms with E-state index in [9.17, 15) is 83.5 Å². The molecule has 5 nitrogen and oxygen atoms in total. The van der Waals surface area contributed by atoms with Gasteiger partial charge < -0.3 is 5.32 Å². The van der Waals surface area contributed by atoms with Crippen LogP contribution in [0.25, 0.3) is 0 Å². The minimum atomic E-state index is -8.61. The maximum atomic E-state index is 13.8. The van der Waals surface area contributed by atoms with Gasteiger partial charge >= 0.3 is 47.9 Å². The zero-order valence-electron chi connectivity index (χ0n) is 17.4. The summed E-state index contributed by atoms with van der Waals surface area (Å²) in [6, 6.07) is 2.64. The largest absolute Gasteiger partial charge is 0.392 e. The van der Waals surface area contributed by atoms with Gasteiger partial charge in [0.25, 0.3) is 5.91 Å². The van der Waals surface area contributed by atoms with Gasteiger partial charge in [-0.1, -0.05) is 12.1 Å². The lowest BCUT2D eigenvalue weighted by atomic mass is 9.89. The van der Waals surface area contributed by atoms with Crippen LogP contribution in [0.2, 0.25) is 0 Å². The number of alkyl halides is 16. The number of halogens is 16. The maximum absolute atomic E-state index is 13.8. The van der Waals surface area contributed by atoms with Crippen molar-refractivity contribution in [3.05, 3.63) is 29.8 Å². The van der Waals surface area contributed by atoms with E-state index in [0.717, 1.165) is 5.32 Å². The van der Waals surface area contributed by atoms with Crippen LogP contribution in [0.3, 0.4) is 0 Å². The highest BCUT2D eigenvalue weighted by Gasteiger charge is 2.94. The summed E-state index contributed by atoms with van der Waals surface area (Å²) in [7, 11) is -4.32. The molecule has 1 aromatic rings. The minimum Gasteiger partial charge on any atom is -0.347 e. The zero-order chi connectivity index (χ0) is 30.6. The molecule has 0 atom stereocenters. The fourth-order valence-corrected chi connectivity index (χ4v) is 2.88. The van der Waals surface area contributed by atoms with Crippen molar-refractivity contribution in [1.82, 2.24) is 5.32 Å². The van der Waals surface area contributed by atoms with Crippen LogP contribution in [0.1, 0.15) is 5.56 Å².